The third-order valence-corrected chi connectivity index (χ3v) is 10.7. The molecule has 0 bridgehead atoms. The van der Waals surface area contributed by atoms with Gasteiger partial charge in [-0.25, -0.2) is 0 Å². The van der Waals surface area contributed by atoms with Gasteiger partial charge in [0.2, 0.25) is 5.13 Å². The zero-order valence-electron chi connectivity index (χ0n) is 29.0. The van der Waals surface area contributed by atoms with Crippen LogP contribution in [0, 0.1) is 6.92 Å². The normalized spacial score (nSPS) is 15.1. The van der Waals surface area contributed by atoms with Crippen LogP contribution in [-0.4, -0.2) is 34.1 Å². The number of nitrogens with zero attached hydrogens (tertiary/aromatic N) is 3. The van der Waals surface area contributed by atoms with Crippen LogP contribution in [0.5, 0.6) is 17.2 Å². The molecular formula is C42H35N3O6S2. The highest BCUT2D eigenvalue weighted by Crippen LogP contribution is 2.46. The summed E-state index contributed by atoms with van der Waals surface area (Å²) in [4.78, 5) is 29.1. The molecule has 1 amide bonds. The molecule has 1 unspecified atom stereocenters. The molecule has 53 heavy (non-hydrogen) atoms. The molecule has 1 aliphatic rings. The van der Waals surface area contributed by atoms with Crippen LogP contribution in [0.2, 0.25) is 0 Å². The maximum absolute atomic E-state index is 13.9. The molecule has 2 heterocycles. The molecule has 1 aromatic heterocycles. The van der Waals surface area contributed by atoms with Crippen molar-refractivity contribution in [2.45, 2.75) is 36.3 Å². The Balaban J connectivity index is 1.22. The van der Waals surface area contributed by atoms with Gasteiger partial charge in [0, 0.05) is 11.3 Å². The van der Waals surface area contributed by atoms with E-state index in [9.17, 15) is 14.7 Å². The first-order valence-corrected chi connectivity index (χ1v) is 18.6. The van der Waals surface area contributed by atoms with E-state index in [4.69, 9.17) is 14.2 Å². The molecule has 6 aromatic rings. The van der Waals surface area contributed by atoms with Crippen molar-refractivity contribution in [2.75, 3.05) is 12.0 Å². The fourth-order valence-corrected chi connectivity index (χ4v) is 7.79. The molecule has 0 saturated carbocycles. The van der Waals surface area contributed by atoms with Crippen molar-refractivity contribution < 1.29 is 28.9 Å². The minimum Gasteiger partial charge on any atom is -0.507 e. The number of aromatic nitrogens is 2. The number of ether oxygens (including phenoxy) is 3. The number of aliphatic hydroxyl groups excluding tert-OH is 1. The Hall–Kier alpha value is -5.91. The number of aliphatic hydroxyl groups is 1. The number of carbonyl (C=O) groups is 2. The summed E-state index contributed by atoms with van der Waals surface area (Å²) in [5, 5.41) is 20.7. The number of aryl methyl sites for hydroxylation is 1. The average molecular weight is 742 g/mol. The Labute approximate surface area is 315 Å². The lowest BCUT2D eigenvalue weighted by Gasteiger charge is -2.23. The van der Waals surface area contributed by atoms with E-state index < -0.39 is 17.7 Å². The van der Waals surface area contributed by atoms with Crippen LogP contribution in [0.1, 0.15) is 39.4 Å². The van der Waals surface area contributed by atoms with Crippen molar-refractivity contribution in [1.82, 2.24) is 10.2 Å². The first kappa shape index (κ1) is 35.5. The van der Waals surface area contributed by atoms with Crippen molar-refractivity contribution in [3.05, 3.63) is 166 Å². The van der Waals surface area contributed by atoms with Crippen LogP contribution in [0.3, 0.4) is 0 Å². The highest BCUT2D eigenvalue weighted by atomic mass is 32.2. The molecule has 1 saturated heterocycles. The van der Waals surface area contributed by atoms with Crippen molar-refractivity contribution in [3.8, 4) is 17.2 Å². The van der Waals surface area contributed by atoms with E-state index in [1.807, 2.05) is 85.8 Å². The molecule has 0 aliphatic carbocycles. The molecule has 9 nitrogen and oxygen atoms in total. The summed E-state index contributed by atoms with van der Waals surface area (Å²) >= 11 is 2.69. The Morgan fingerprint density at radius 1 is 0.774 bits per heavy atom. The average Bonchev–Trinajstić information content (AvgIpc) is 3.77. The first-order chi connectivity index (χ1) is 25.9. The minimum atomic E-state index is -1.04. The lowest BCUT2D eigenvalue weighted by Crippen LogP contribution is -2.29. The summed E-state index contributed by atoms with van der Waals surface area (Å²) in [6.07, 6.45) is 0. The van der Waals surface area contributed by atoms with Gasteiger partial charge in [-0.3, -0.25) is 14.5 Å². The number of amides is 1. The third kappa shape index (κ3) is 8.11. The number of rotatable bonds is 13. The molecule has 1 fully saturated rings. The van der Waals surface area contributed by atoms with Crippen LogP contribution < -0.4 is 19.1 Å². The SMILES string of the molecule is COc1cc(C2/C(=C(\O)c3ccc(OCc4cccc(C)c4)cc3)C(=O)C(=O)N2c2nnc(SCc3ccccc3)s2)ccc1OCc1ccccc1. The summed E-state index contributed by atoms with van der Waals surface area (Å²) in [5.41, 5.74) is 5.04. The Morgan fingerprint density at radius 3 is 2.19 bits per heavy atom. The van der Waals surface area contributed by atoms with Gasteiger partial charge in [0.1, 0.15) is 24.7 Å². The fraction of sp³-hybridized carbons (Fsp3) is 0.143. The van der Waals surface area contributed by atoms with E-state index in [0.29, 0.717) is 51.7 Å². The van der Waals surface area contributed by atoms with Gasteiger partial charge >= 0.3 is 5.91 Å². The summed E-state index contributed by atoms with van der Waals surface area (Å²) in [7, 11) is 1.52. The van der Waals surface area contributed by atoms with E-state index in [2.05, 4.69) is 16.3 Å². The van der Waals surface area contributed by atoms with E-state index in [-0.39, 0.29) is 16.5 Å². The Morgan fingerprint density at radius 2 is 1.47 bits per heavy atom. The quantitative estimate of drug-likeness (QED) is 0.0408. The van der Waals surface area contributed by atoms with Crippen molar-refractivity contribution in [2.24, 2.45) is 0 Å². The lowest BCUT2D eigenvalue weighted by molar-refractivity contribution is -0.132. The number of hydrogen-bond donors (Lipinski definition) is 1. The lowest BCUT2D eigenvalue weighted by atomic mass is 9.95. The van der Waals surface area contributed by atoms with Crippen LogP contribution in [-0.2, 0) is 28.6 Å². The number of carbonyl (C=O) groups excluding carboxylic acids is 2. The largest absolute Gasteiger partial charge is 0.507 e. The molecule has 7 rings (SSSR count). The number of methoxy groups -OCH3 is 1. The van der Waals surface area contributed by atoms with Gasteiger partial charge in [-0.2, -0.15) is 0 Å². The summed E-state index contributed by atoms with van der Waals surface area (Å²) < 4.78 is 18.4. The molecule has 0 spiro atoms. The van der Waals surface area contributed by atoms with Crippen molar-refractivity contribution in [1.29, 1.82) is 0 Å². The van der Waals surface area contributed by atoms with E-state index >= 15 is 0 Å². The number of Topliss-reactive ketones (excluding diaryl/α,β-unsaturated/α-hetero) is 1. The van der Waals surface area contributed by atoms with Crippen LogP contribution >= 0.6 is 23.1 Å². The maximum atomic E-state index is 13.9. The summed E-state index contributed by atoms with van der Waals surface area (Å²) in [6, 6.07) is 38.7. The van der Waals surface area contributed by atoms with Gasteiger partial charge in [-0.05, 0) is 65.6 Å². The molecule has 0 radical (unpaired) electrons. The fourth-order valence-electron chi connectivity index (χ4n) is 5.96. The van der Waals surface area contributed by atoms with Crippen LogP contribution in [0.15, 0.2) is 137 Å². The second-order valence-electron chi connectivity index (χ2n) is 12.3. The van der Waals surface area contributed by atoms with Crippen molar-refractivity contribution in [3.63, 3.8) is 0 Å². The van der Waals surface area contributed by atoms with E-state index in [0.717, 1.165) is 22.3 Å². The molecule has 266 valence electrons. The third-order valence-electron chi connectivity index (χ3n) is 8.61. The van der Waals surface area contributed by atoms with Crippen molar-refractivity contribution >= 4 is 45.7 Å². The molecule has 1 atom stereocenters. The molecule has 1 N–H and O–H groups in total. The molecule has 5 aromatic carbocycles. The number of ketones is 1. The minimum absolute atomic E-state index is 0.0860. The highest BCUT2D eigenvalue weighted by molar-refractivity contribution is 8.00. The number of anilines is 1. The van der Waals surface area contributed by atoms with Gasteiger partial charge in [0.25, 0.3) is 5.78 Å². The predicted octanol–water partition coefficient (Wildman–Crippen LogP) is 8.93. The maximum Gasteiger partial charge on any atom is 0.301 e. The zero-order valence-corrected chi connectivity index (χ0v) is 30.6. The predicted molar refractivity (Wildman–Crippen MR) is 206 cm³/mol. The number of thioether (sulfide) groups is 1. The molecule has 1 aliphatic heterocycles. The standard InChI is InChI=1S/C42H35N3O6S2/c1-27-10-9-15-30(22-27)25-50-33-19-16-31(17-20-33)38(46)36-37(32-18-21-34(35(23-32)49-2)51-24-28-11-5-3-6-12-28)45(40(48)39(36)47)41-43-44-42(53-41)52-26-29-13-7-4-8-14-29/h3-23,37,46H,24-26H2,1-2H3/b38-36+. The summed E-state index contributed by atoms with van der Waals surface area (Å²) in [6.45, 7) is 2.71. The first-order valence-electron chi connectivity index (χ1n) is 16.8. The second kappa shape index (κ2) is 16.2. The topological polar surface area (TPSA) is 111 Å². The molecular weight excluding hydrogens is 707 g/mol. The zero-order chi connectivity index (χ0) is 36.7. The summed E-state index contributed by atoms with van der Waals surface area (Å²) in [5.74, 6) is 0.129. The van der Waals surface area contributed by atoms with Gasteiger partial charge < -0.3 is 19.3 Å². The van der Waals surface area contributed by atoms with E-state index in [1.165, 1.54) is 35.1 Å². The van der Waals surface area contributed by atoms with E-state index in [1.54, 1.807) is 42.5 Å². The van der Waals surface area contributed by atoms with Gasteiger partial charge in [-0.15, -0.1) is 10.2 Å². The van der Waals surface area contributed by atoms with Gasteiger partial charge in [0.05, 0.1) is 18.7 Å². The molecule has 11 heteroatoms. The Kier molecular flexibility index (Phi) is 10.8. The second-order valence-corrected chi connectivity index (χ2v) is 14.5. The number of hydrogen-bond acceptors (Lipinski definition) is 10. The van der Waals surface area contributed by atoms with Crippen LogP contribution in [0.25, 0.3) is 5.76 Å². The van der Waals surface area contributed by atoms with Gasteiger partial charge in [-0.1, -0.05) is 120 Å². The number of benzene rings is 5. The van der Waals surface area contributed by atoms with Crippen LogP contribution in [0.4, 0.5) is 5.13 Å². The highest BCUT2D eigenvalue weighted by Gasteiger charge is 2.48. The smallest absolute Gasteiger partial charge is 0.301 e. The Bertz CT molecular complexity index is 2260. The van der Waals surface area contributed by atoms with Gasteiger partial charge in [0.15, 0.2) is 15.8 Å². The monoisotopic (exact) mass is 741 g/mol.